The number of nitrogens with one attached hydrogen (secondary N) is 1. The summed E-state index contributed by atoms with van der Waals surface area (Å²) in [6, 6.07) is 16.3. The molecule has 0 aromatic heterocycles. The summed E-state index contributed by atoms with van der Waals surface area (Å²) >= 11 is 0. The topological polar surface area (TPSA) is 83.6 Å². The van der Waals surface area contributed by atoms with Crippen molar-refractivity contribution in [1.82, 2.24) is 9.62 Å². The van der Waals surface area contributed by atoms with Crippen LogP contribution < -0.4 is 5.32 Å². The fraction of sp³-hybridized carbons (Fsp3) is 0.333. The van der Waals surface area contributed by atoms with Crippen LogP contribution in [0.4, 0.5) is 0 Å². The van der Waals surface area contributed by atoms with E-state index in [0.29, 0.717) is 0 Å². The van der Waals surface area contributed by atoms with Crippen molar-refractivity contribution in [3.8, 4) is 0 Å². The van der Waals surface area contributed by atoms with Crippen LogP contribution in [0.1, 0.15) is 42.1 Å². The number of fused-ring (bicyclic) bond motifs is 1. The summed E-state index contributed by atoms with van der Waals surface area (Å²) < 4.78 is 25.8. The summed E-state index contributed by atoms with van der Waals surface area (Å²) in [4.78, 5) is 24.5. The van der Waals surface area contributed by atoms with E-state index >= 15 is 0 Å². The fourth-order valence-electron chi connectivity index (χ4n) is 3.28. The molecule has 0 fully saturated rings. The zero-order valence-electron chi connectivity index (χ0n) is 15.8. The van der Waals surface area contributed by atoms with E-state index in [1.165, 1.54) is 17.7 Å². The number of sulfonamides is 1. The maximum absolute atomic E-state index is 12.5. The molecule has 28 heavy (non-hydrogen) atoms. The van der Waals surface area contributed by atoms with Gasteiger partial charge in [-0.15, -0.1) is 0 Å². The van der Waals surface area contributed by atoms with Gasteiger partial charge in [0.05, 0.1) is 5.56 Å². The van der Waals surface area contributed by atoms with Gasteiger partial charge in [0.25, 0.3) is 15.9 Å². The van der Waals surface area contributed by atoms with Gasteiger partial charge in [-0.1, -0.05) is 42.5 Å². The molecule has 0 unspecified atom stereocenters. The van der Waals surface area contributed by atoms with Crippen molar-refractivity contribution in [2.45, 2.75) is 43.5 Å². The Hall–Kier alpha value is -2.67. The average Bonchev–Trinajstić information content (AvgIpc) is 2.88. The lowest BCUT2D eigenvalue weighted by molar-refractivity contribution is -0.121. The summed E-state index contributed by atoms with van der Waals surface area (Å²) in [5.74, 6) is -0.658. The summed E-state index contributed by atoms with van der Waals surface area (Å²) in [6.45, 7) is 1.95. The first-order valence-electron chi connectivity index (χ1n) is 9.39. The molecule has 0 radical (unpaired) electrons. The molecule has 3 rings (SSSR count). The Morgan fingerprint density at radius 2 is 1.75 bits per heavy atom. The van der Waals surface area contributed by atoms with Gasteiger partial charge in [0.1, 0.15) is 4.90 Å². The number of carbonyl (C=O) groups is 2. The van der Waals surface area contributed by atoms with Crippen LogP contribution in [-0.4, -0.2) is 37.1 Å². The second-order valence-electron chi connectivity index (χ2n) is 6.97. The van der Waals surface area contributed by atoms with Crippen LogP contribution in [0.25, 0.3) is 0 Å². The lowest BCUT2D eigenvalue weighted by atomic mass is 10.1. The van der Waals surface area contributed by atoms with Crippen LogP contribution in [0.2, 0.25) is 0 Å². The summed E-state index contributed by atoms with van der Waals surface area (Å²) in [5.41, 5.74) is 1.42. The largest absolute Gasteiger partial charge is 0.354 e. The molecule has 0 saturated heterocycles. The Morgan fingerprint density at radius 1 is 1.07 bits per heavy atom. The minimum Gasteiger partial charge on any atom is -0.354 e. The quantitative estimate of drug-likeness (QED) is 0.739. The van der Waals surface area contributed by atoms with Crippen molar-refractivity contribution < 1.29 is 18.0 Å². The lowest BCUT2D eigenvalue weighted by Crippen LogP contribution is -2.35. The molecule has 1 atom stereocenters. The van der Waals surface area contributed by atoms with Crippen LogP contribution in [0, 0.1) is 0 Å². The molecule has 0 bridgehead atoms. The smallest absolute Gasteiger partial charge is 0.269 e. The van der Waals surface area contributed by atoms with Gasteiger partial charge in [-0.3, -0.25) is 9.59 Å². The Kier molecular flexibility index (Phi) is 6.14. The van der Waals surface area contributed by atoms with Crippen molar-refractivity contribution in [1.29, 1.82) is 0 Å². The molecule has 2 amide bonds. The molecule has 0 saturated carbocycles. The molecule has 0 spiro atoms. The normalized spacial score (nSPS) is 15.9. The van der Waals surface area contributed by atoms with E-state index in [9.17, 15) is 18.0 Å². The molecule has 6 nitrogen and oxygen atoms in total. The van der Waals surface area contributed by atoms with Gasteiger partial charge in [-0.25, -0.2) is 12.7 Å². The monoisotopic (exact) mass is 400 g/mol. The van der Waals surface area contributed by atoms with Crippen LogP contribution in [0.5, 0.6) is 0 Å². The number of hydrogen-bond acceptors (Lipinski definition) is 4. The van der Waals surface area contributed by atoms with Gasteiger partial charge in [0.2, 0.25) is 5.91 Å². The zero-order chi connectivity index (χ0) is 20.1. The number of hydrogen-bond donors (Lipinski definition) is 1. The minimum atomic E-state index is -3.80. The molecule has 0 aliphatic carbocycles. The molecule has 148 valence electrons. The van der Waals surface area contributed by atoms with Crippen LogP contribution in [-0.2, 0) is 21.2 Å². The van der Waals surface area contributed by atoms with Crippen molar-refractivity contribution >= 4 is 21.8 Å². The highest BCUT2D eigenvalue weighted by atomic mass is 32.2. The molecule has 1 heterocycles. The van der Waals surface area contributed by atoms with Crippen molar-refractivity contribution in [2.24, 2.45) is 0 Å². The Labute approximate surface area is 165 Å². The van der Waals surface area contributed by atoms with Crippen LogP contribution >= 0.6 is 0 Å². The van der Waals surface area contributed by atoms with Crippen molar-refractivity contribution in [3.63, 3.8) is 0 Å². The standard InChI is InChI=1S/C21H24N2O4S/c1-16(13-14-17-8-3-2-4-9-17)22-20(24)12-7-15-23-21(25)18-10-5-6-11-19(18)28(23,26)27/h2-6,8-11,16H,7,12-15H2,1H3,(H,22,24)/t16-/m1/s1. The molecule has 7 heteroatoms. The van der Waals surface area contributed by atoms with Gasteiger partial charge in [0, 0.05) is 19.0 Å². The van der Waals surface area contributed by atoms with Crippen LogP contribution in [0.3, 0.4) is 0 Å². The lowest BCUT2D eigenvalue weighted by Gasteiger charge is -2.16. The number of nitrogens with zero attached hydrogens (tertiary/aromatic N) is 1. The second-order valence-corrected chi connectivity index (χ2v) is 8.81. The first-order chi connectivity index (χ1) is 13.4. The van der Waals surface area contributed by atoms with E-state index in [1.807, 2.05) is 25.1 Å². The van der Waals surface area contributed by atoms with Crippen LogP contribution in [0.15, 0.2) is 59.5 Å². The van der Waals surface area contributed by atoms with E-state index in [-0.39, 0.29) is 41.8 Å². The number of benzene rings is 2. The number of rotatable bonds is 8. The van der Waals surface area contributed by atoms with Gasteiger partial charge >= 0.3 is 0 Å². The number of aryl methyl sites for hydroxylation is 1. The van der Waals surface area contributed by atoms with E-state index in [0.717, 1.165) is 17.1 Å². The highest BCUT2D eigenvalue weighted by Gasteiger charge is 2.40. The van der Waals surface area contributed by atoms with E-state index < -0.39 is 15.9 Å². The third-order valence-corrected chi connectivity index (χ3v) is 6.63. The van der Waals surface area contributed by atoms with Gasteiger partial charge < -0.3 is 5.32 Å². The summed E-state index contributed by atoms with van der Waals surface area (Å²) in [7, 11) is -3.80. The van der Waals surface area contributed by atoms with E-state index in [1.54, 1.807) is 12.1 Å². The molecule has 1 aliphatic rings. The van der Waals surface area contributed by atoms with Crippen molar-refractivity contribution in [2.75, 3.05) is 6.54 Å². The van der Waals surface area contributed by atoms with E-state index in [4.69, 9.17) is 0 Å². The third kappa shape index (κ3) is 4.42. The van der Waals surface area contributed by atoms with Crippen molar-refractivity contribution in [3.05, 3.63) is 65.7 Å². The number of amides is 2. The Bertz CT molecular complexity index is 957. The predicted octanol–water partition coefficient (Wildman–Crippen LogP) is 2.75. The fourth-order valence-corrected chi connectivity index (χ4v) is 4.89. The molecular formula is C21H24N2O4S. The highest BCUT2D eigenvalue weighted by Crippen LogP contribution is 2.29. The van der Waals surface area contributed by atoms with Gasteiger partial charge in [-0.05, 0) is 43.9 Å². The Morgan fingerprint density at radius 3 is 2.46 bits per heavy atom. The zero-order valence-corrected chi connectivity index (χ0v) is 16.6. The average molecular weight is 401 g/mol. The molecule has 2 aromatic rings. The van der Waals surface area contributed by atoms with Gasteiger partial charge in [0.15, 0.2) is 0 Å². The van der Waals surface area contributed by atoms with Gasteiger partial charge in [-0.2, -0.15) is 0 Å². The summed E-state index contributed by atoms with van der Waals surface area (Å²) in [6.07, 6.45) is 2.16. The molecule has 2 aromatic carbocycles. The Balaban J connectivity index is 1.45. The molecular weight excluding hydrogens is 376 g/mol. The third-order valence-electron chi connectivity index (χ3n) is 4.79. The van der Waals surface area contributed by atoms with E-state index in [2.05, 4.69) is 17.4 Å². The highest BCUT2D eigenvalue weighted by molar-refractivity contribution is 7.90. The molecule has 1 N–H and O–H groups in total. The predicted molar refractivity (Wildman–Crippen MR) is 106 cm³/mol. The first kappa shape index (κ1) is 20.1. The first-order valence-corrected chi connectivity index (χ1v) is 10.8. The minimum absolute atomic E-state index is 0.00165. The second kappa shape index (κ2) is 8.56. The SMILES string of the molecule is C[C@H](CCc1ccccc1)NC(=O)CCCN1C(=O)c2ccccc2S1(=O)=O. The molecule has 1 aliphatic heterocycles. The summed E-state index contributed by atoms with van der Waals surface area (Å²) in [5, 5.41) is 2.93. The maximum Gasteiger partial charge on any atom is 0.269 e. The maximum atomic E-state index is 12.5. The number of carbonyl (C=O) groups excluding carboxylic acids is 2.